The minimum absolute atomic E-state index is 0.108. The Kier molecular flexibility index (Phi) is 6.31. The van der Waals surface area contributed by atoms with Gasteiger partial charge in [0.2, 0.25) is 6.10 Å². The average molecular weight is 458 g/mol. The van der Waals surface area contributed by atoms with Gasteiger partial charge in [-0.2, -0.15) is 13.2 Å². The lowest BCUT2D eigenvalue weighted by Gasteiger charge is -2.38. The number of carbonyl (C=O) groups excluding carboxylic acids is 1. The molecule has 4 rings (SSSR count). The van der Waals surface area contributed by atoms with Gasteiger partial charge in [-0.05, 0) is 13.0 Å². The number of amides is 1. The van der Waals surface area contributed by atoms with E-state index in [1.165, 1.54) is 53.7 Å². The monoisotopic (exact) mass is 458 g/mol. The summed E-state index contributed by atoms with van der Waals surface area (Å²) in [5.74, 6) is -1.21. The Balaban J connectivity index is 1.81. The zero-order valence-electron chi connectivity index (χ0n) is 17.6. The molecular weight excluding hydrogens is 438 g/mol. The molecule has 0 bridgehead atoms. The van der Waals surface area contributed by atoms with E-state index in [-0.39, 0.29) is 41.4 Å². The van der Waals surface area contributed by atoms with Crippen molar-refractivity contribution in [3.63, 3.8) is 0 Å². The lowest BCUT2D eigenvalue weighted by Crippen LogP contribution is -2.51. The smallest absolute Gasteiger partial charge is 0.429 e. The van der Waals surface area contributed by atoms with Gasteiger partial charge in [0.1, 0.15) is 5.75 Å². The van der Waals surface area contributed by atoms with Crippen LogP contribution in [0.2, 0.25) is 0 Å². The van der Waals surface area contributed by atoms with Gasteiger partial charge in [0, 0.05) is 48.6 Å². The van der Waals surface area contributed by atoms with E-state index in [0.717, 1.165) is 0 Å². The second-order valence-corrected chi connectivity index (χ2v) is 7.77. The summed E-state index contributed by atoms with van der Waals surface area (Å²) in [6, 6.07) is 12.7. The molecule has 2 aromatic carbocycles. The van der Waals surface area contributed by atoms with Crippen LogP contribution in [0, 0.1) is 18.9 Å². The maximum Gasteiger partial charge on any atom is 0.429 e. The molecule has 1 amide bonds. The number of carbonyl (C=O) groups is 1. The Morgan fingerprint density at radius 2 is 1.88 bits per heavy atom. The number of ether oxygens (including phenoxy) is 1. The highest BCUT2D eigenvalue weighted by molar-refractivity contribution is 6.03. The van der Waals surface area contributed by atoms with Crippen LogP contribution in [0.3, 0.4) is 0 Å². The molecule has 1 fully saturated rings. The Hall–Kier alpha value is -3.49. The first-order valence-corrected chi connectivity index (χ1v) is 10.3. The van der Waals surface area contributed by atoms with Crippen LogP contribution in [0.4, 0.5) is 17.6 Å². The predicted octanol–water partition coefficient (Wildman–Crippen LogP) is 4.98. The van der Waals surface area contributed by atoms with E-state index >= 15 is 0 Å². The Bertz CT molecular complexity index is 1130. The van der Waals surface area contributed by atoms with Crippen LogP contribution in [-0.4, -0.2) is 46.7 Å². The number of benzene rings is 2. The SMILES string of the molecule is Cc1nccnc1-c1cc[c]c(O[C@H](c2ccccc2)C(F)(F)F)c1C(=O)N1CC(CF)C1. The molecule has 0 unspecified atom stereocenters. The summed E-state index contributed by atoms with van der Waals surface area (Å²) in [6.07, 6.45) is -4.15. The highest BCUT2D eigenvalue weighted by atomic mass is 19.4. The molecule has 1 saturated heterocycles. The van der Waals surface area contributed by atoms with E-state index in [9.17, 15) is 22.4 Å². The summed E-state index contributed by atoms with van der Waals surface area (Å²) in [4.78, 5) is 23.2. The fourth-order valence-corrected chi connectivity index (χ4v) is 3.71. The first kappa shape index (κ1) is 22.7. The van der Waals surface area contributed by atoms with Gasteiger partial charge in [0.25, 0.3) is 5.91 Å². The Morgan fingerprint density at radius 1 is 1.18 bits per heavy atom. The van der Waals surface area contributed by atoms with Crippen molar-refractivity contribution >= 4 is 5.91 Å². The van der Waals surface area contributed by atoms with Crippen LogP contribution >= 0.6 is 0 Å². The lowest BCUT2D eigenvalue weighted by atomic mass is 9.96. The maximum atomic E-state index is 13.9. The van der Waals surface area contributed by atoms with Crippen molar-refractivity contribution in [1.29, 1.82) is 0 Å². The van der Waals surface area contributed by atoms with E-state index in [0.29, 0.717) is 11.4 Å². The standard InChI is InChI=1S/C24H20F4N3O2/c1-15-21(30-11-10-29-15)18-8-5-9-19(20(18)23(32)31-13-16(12-25)14-31)33-22(24(26,27)28)17-6-3-2-4-7-17/h2-8,10-11,16,22H,12-14H2,1H3/t22-/m1/s1. The van der Waals surface area contributed by atoms with Crippen LogP contribution in [-0.2, 0) is 0 Å². The zero-order chi connectivity index (χ0) is 23.6. The van der Waals surface area contributed by atoms with Crippen LogP contribution in [0.5, 0.6) is 5.75 Å². The number of hydrogen-bond acceptors (Lipinski definition) is 4. The molecule has 0 N–H and O–H groups in total. The van der Waals surface area contributed by atoms with Crippen molar-refractivity contribution in [2.24, 2.45) is 5.92 Å². The largest absolute Gasteiger partial charge is 0.475 e. The van der Waals surface area contributed by atoms with Crippen LogP contribution < -0.4 is 4.74 Å². The number of hydrogen-bond donors (Lipinski definition) is 0. The number of rotatable bonds is 6. The quantitative estimate of drug-likeness (QED) is 0.489. The third-order valence-corrected chi connectivity index (χ3v) is 5.41. The molecule has 3 aromatic rings. The number of aromatic nitrogens is 2. The van der Waals surface area contributed by atoms with Crippen LogP contribution in [0.1, 0.15) is 27.7 Å². The molecule has 0 spiro atoms. The molecule has 9 heteroatoms. The van der Waals surface area contributed by atoms with Gasteiger partial charge in [-0.15, -0.1) is 0 Å². The topological polar surface area (TPSA) is 55.3 Å². The molecule has 0 saturated carbocycles. The van der Waals surface area contributed by atoms with E-state index < -0.39 is 24.9 Å². The molecular formula is C24H20F4N3O2. The van der Waals surface area contributed by atoms with Crippen molar-refractivity contribution in [1.82, 2.24) is 14.9 Å². The van der Waals surface area contributed by atoms with Crippen LogP contribution in [0.15, 0.2) is 54.9 Å². The normalized spacial score (nSPS) is 15.1. The van der Waals surface area contributed by atoms with Crippen molar-refractivity contribution in [2.75, 3.05) is 19.8 Å². The van der Waals surface area contributed by atoms with Crippen molar-refractivity contribution in [3.8, 4) is 17.0 Å². The van der Waals surface area contributed by atoms with Gasteiger partial charge in [-0.3, -0.25) is 19.2 Å². The predicted molar refractivity (Wildman–Crippen MR) is 112 cm³/mol. The number of nitrogens with zero attached hydrogens (tertiary/aromatic N) is 3. The highest BCUT2D eigenvalue weighted by Crippen LogP contribution is 2.40. The summed E-state index contributed by atoms with van der Waals surface area (Å²) >= 11 is 0. The Morgan fingerprint density at radius 3 is 2.52 bits per heavy atom. The molecule has 1 aliphatic rings. The van der Waals surface area contributed by atoms with Gasteiger partial charge >= 0.3 is 6.18 Å². The average Bonchev–Trinajstić information content (AvgIpc) is 2.76. The third kappa shape index (κ3) is 4.67. The van der Waals surface area contributed by atoms with Gasteiger partial charge < -0.3 is 9.64 Å². The van der Waals surface area contributed by atoms with Crippen molar-refractivity contribution < 1.29 is 27.1 Å². The van der Waals surface area contributed by atoms with Gasteiger partial charge in [0.05, 0.1) is 23.6 Å². The summed E-state index contributed by atoms with van der Waals surface area (Å²) in [6.45, 7) is 1.45. The molecule has 1 radical (unpaired) electrons. The summed E-state index contributed by atoms with van der Waals surface area (Å²) < 4.78 is 60.2. The lowest BCUT2D eigenvalue weighted by molar-refractivity contribution is -0.198. The molecule has 1 aromatic heterocycles. The molecule has 1 atom stereocenters. The first-order chi connectivity index (χ1) is 15.8. The number of likely N-dealkylation sites (tertiary alicyclic amines) is 1. The maximum absolute atomic E-state index is 13.9. The summed E-state index contributed by atoms with van der Waals surface area (Å²) in [7, 11) is 0. The molecule has 171 valence electrons. The minimum Gasteiger partial charge on any atom is -0.475 e. The molecule has 5 nitrogen and oxygen atoms in total. The van der Waals surface area contributed by atoms with E-state index in [4.69, 9.17) is 4.74 Å². The number of halogens is 4. The second-order valence-electron chi connectivity index (χ2n) is 7.77. The van der Waals surface area contributed by atoms with Crippen LogP contribution in [0.25, 0.3) is 11.3 Å². The molecule has 2 heterocycles. The molecule has 1 aliphatic heterocycles. The zero-order valence-corrected chi connectivity index (χ0v) is 17.6. The number of alkyl halides is 4. The fraction of sp³-hybridized carbons (Fsp3) is 0.292. The highest BCUT2D eigenvalue weighted by Gasteiger charge is 2.44. The molecule has 0 aliphatic carbocycles. The first-order valence-electron chi connectivity index (χ1n) is 10.3. The molecule has 33 heavy (non-hydrogen) atoms. The third-order valence-electron chi connectivity index (χ3n) is 5.41. The number of aryl methyl sites for hydroxylation is 1. The Labute approximate surface area is 188 Å². The van der Waals surface area contributed by atoms with Gasteiger partial charge in [0.15, 0.2) is 0 Å². The van der Waals surface area contributed by atoms with Crippen molar-refractivity contribution in [3.05, 3.63) is 77.7 Å². The summed E-state index contributed by atoms with van der Waals surface area (Å²) in [5, 5.41) is 0. The van der Waals surface area contributed by atoms with Crippen molar-refractivity contribution in [2.45, 2.75) is 19.2 Å². The van der Waals surface area contributed by atoms with E-state index in [1.807, 2.05) is 0 Å². The van der Waals surface area contributed by atoms with Gasteiger partial charge in [-0.25, -0.2) is 0 Å². The van der Waals surface area contributed by atoms with E-state index in [2.05, 4.69) is 16.0 Å². The summed E-state index contributed by atoms with van der Waals surface area (Å²) in [5.41, 5.74) is 0.884. The minimum atomic E-state index is -4.75. The van der Waals surface area contributed by atoms with E-state index in [1.54, 1.807) is 13.0 Å². The second kappa shape index (κ2) is 9.17. The fourth-order valence-electron chi connectivity index (χ4n) is 3.71. The van der Waals surface area contributed by atoms with Gasteiger partial charge in [-0.1, -0.05) is 36.4 Å².